The summed E-state index contributed by atoms with van der Waals surface area (Å²) in [6.45, 7) is 11.1. The quantitative estimate of drug-likeness (QED) is 0.813. The zero-order chi connectivity index (χ0) is 19.3. The van der Waals surface area contributed by atoms with Crippen LogP contribution in [0, 0.1) is 19.3 Å². The average Bonchev–Trinajstić information content (AvgIpc) is 3.40. The number of hydrogen-bond acceptors (Lipinski definition) is 6. The lowest BCUT2D eigenvalue weighted by Gasteiger charge is -2.28. The molecule has 2 unspecified atom stereocenters. The first-order valence-electron chi connectivity index (χ1n) is 10.2. The van der Waals surface area contributed by atoms with Crippen molar-refractivity contribution in [1.29, 1.82) is 0 Å². The maximum Gasteiger partial charge on any atom is 0.231 e. The minimum Gasteiger partial charge on any atom is -0.454 e. The normalized spacial score (nSPS) is 25.0. The van der Waals surface area contributed by atoms with Crippen LogP contribution >= 0.6 is 0 Å². The predicted octanol–water partition coefficient (Wildman–Crippen LogP) is 3.49. The van der Waals surface area contributed by atoms with Crippen LogP contribution in [0.2, 0.25) is 0 Å². The summed E-state index contributed by atoms with van der Waals surface area (Å²) >= 11 is 0. The largest absolute Gasteiger partial charge is 0.454 e. The Bertz CT molecular complexity index is 882. The Balaban J connectivity index is 1.29. The standard InChI is InChI=1S/C22H28N4O2/c1-15-10-21(24-17(3)23-15)26-9-7-22(13-26)6-8-25(12-22)16(2)18-4-5-19-20(11-18)28-14-27-19/h4-5,10-11,16H,6-9,12-14H2,1-3H3. The van der Waals surface area contributed by atoms with E-state index in [1.165, 1.54) is 18.4 Å². The molecule has 148 valence electrons. The second-order valence-electron chi connectivity index (χ2n) is 8.60. The van der Waals surface area contributed by atoms with Gasteiger partial charge >= 0.3 is 0 Å². The van der Waals surface area contributed by atoms with E-state index in [2.05, 4.69) is 44.9 Å². The third-order valence-electron chi connectivity index (χ3n) is 6.61. The van der Waals surface area contributed by atoms with Gasteiger partial charge in [-0.3, -0.25) is 4.90 Å². The van der Waals surface area contributed by atoms with Gasteiger partial charge in [0.15, 0.2) is 11.5 Å². The van der Waals surface area contributed by atoms with Crippen molar-refractivity contribution in [1.82, 2.24) is 14.9 Å². The van der Waals surface area contributed by atoms with Crippen LogP contribution < -0.4 is 14.4 Å². The van der Waals surface area contributed by atoms with Gasteiger partial charge in [0.25, 0.3) is 0 Å². The number of hydrogen-bond donors (Lipinski definition) is 0. The molecule has 6 nitrogen and oxygen atoms in total. The van der Waals surface area contributed by atoms with Crippen molar-refractivity contribution in [2.24, 2.45) is 5.41 Å². The van der Waals surface area contributed by atoms with E-state index >= 15 is 0 Å². The number of aromatic nitrogens is 2. The van der Waals surface area contributed by atoms with Crippen LogP contribution in [-0.4, -0.2) is 47.8 Å². The van der Waals surface area contributed by atoms with Crippen molar-refractivity contribution in [2.75, 3.05) is 37.9 Å². The fraction of sp³-hybridized carbons (Fsp3) is 0.545. The lowest BCUT2D eigenvalue weighted by Crippen LogP contribution is -2.32. The van der Waals surface area contributed by atoms with Crippen LogP contribution in [0.5, 0.6) is 11.5 Å². The van der Waals surface area contributed by atoms with Gasteiger partial charge in [-0.2, -0.15) is 0 Å². The van der Waals surface area contributed by atoms with E-state index < -0.39 is 0 Å². The molecule has 6 heteroatoms. The fourth-order valence-corrected chi connectivity index (χ4v) is 5.01. The fourth-order valence-electron chi connectivity index (χ4n) is 5.01. The molecule has 1 aromatic carbocycles. The molecular weight excluding hydrogens is 352 g/mol. The number of benzene rings is 1. The molecule has 0 amide bonds. The van der Waals surface area contributed by atoms with Gasteiger partial charge in [-0.25, -0.2) is 9.97 Å². The zero-order valence-corrected chi connectivity index (χ0v) is 16.9. The summed E-state index contributed by atoms with van der Waals surface area (Å²) in [6, 6.07) is 8.86. The van der Waals surface area contributed by atoms with Gasteiger partial charge in [0.1, 0.15) is 11.6 Å². The number of fused-ring (bicyclic) bond motifs is 1. The summed E-state index contributed by atoms with van der Waals surface area (Å²) in [6.07, 6.45) is 2.49. The predicted molar refractivity (Wildman–Crippen MR) is 108 cm³/mol. The average molecular weight is 380 g/mol. The molecule has 0 saturated carbocycles. The molecule has 2 saturated heterocycles. The number of anilines is 1. The highest BCUT2D eigenvalue weighted by molar-refractivity contribution is 5.45. The van der Waals surface area contributed by atoms with Gasteiger partial charge in [-0.1, -0.05) is 6.07 Å². The molecule has 3 aliphatic heterocycles. The third kappa shape index (κ3) is 3.09. The Morgan fingerprint density at radius 3 is 2.68 bits per heavy atom. The van der Waals surface area contributed by atoms with Crippen LogP contribution in [0.25, 0.3) is 0 Å². The molecule has 0 aliphatic carbocycles. The number of ether oxygens (including phenoxy) is 2. The highest BCUT2D eigenvalue weighted by atomic mass is 16.7. The lowest BCUT2D eigenvalue weighted by atomic mass is 9.86. The summed E-state index contributed by atoms with van der Waals surface area (Å²) in [5.74, 6) is 3.68. The second kappa shape index (κ2) is 6.62. The van der Waals surface area contributed by atoms with Gasteiger partial charge in [-0.15, -0.1) is 0 Å². The Hall–Kier alpha value is -2.34. The smallest absolute Gasteiger partial charge is 0.231 e. The van der Waals surface area contributed by atoms with E-state index in [0.717, 1.165) is 55.0 Å². The molecule has 2 atom stereocenters. The van der Waals surface area contributed by atoms with Crippen molar-refractivity contribution in [3.8, 4) is 11.5 Å². The molecule has 1 spiro atoms. The summed E-state index contributed by atoms with van der Waals surface area (Å²) in [5, 5.41) is 0. The molecule has 2 fully saturated rings. The maximum absolute atomic E-state index is 5.57. The minimum absolute atomic E-state index is 0.331. The Labute approximate surface area is 166 Å². The summed E-state index contributed by atoms with van der Waals surface area (Å²) < 4.78 is 11.0. The maximum atomic E-state index is 5.57. The molecule has 4 heterocycles. The highest BCUT2D eigenvalue weighted by Crippen LogP contribution is 2.44. The molecule has 0 N–H and O–H groups in total. The van der Waals surface area contributed by atoms with Crippen LogP contribution in [0.4, 0.5) is 5.82 Å². The van der Waals surface area contributed by atoms with Crippen LogP contribution in [0.3, 0.4) is 0 Å². The van der Waals surface area contributed by atoms with E-state index in [-0.39, 0.29) is 0 Å². The van der Waals surface area contributed by atoms with Gasteiger partial charge < -0.3 is 14.4 Å². The van der Waals surface area contributed by atoms with Gasteiger partial charge in [-0.05, 0) is 57.9 Å². The monoisotopic (exact) mass is 380 g/mol. The first kappa shape index (κ1) is 17.7. The van der Waals surface area contributed by atoms with Crippen LogP contribution in [0.1, 0.15) is 42.9 Å². The van der Waals surface area contributed by atoms with Crippen molar-refractivity contribution in [3.05, 3.63) is 41.3 Å². The number of aryl methyl sites for hydroxylation is 2. The Morgan fingerprint density at radius 1 is 1.00 bits per heavy atom. The molecule has 28 heavy (non-hydrogen) atoms. The zero-order valence-electron chi connectivity index (χ0n) is 16.9. The van der Waals surface area contributed by atoms with Gasteiger partial charge in [0, 0.05) is 42.9 Å². The molecular formula is C22H28N4O2. The van der Waals surface area contributed by atoms with E-state index in [0.29, 0.717) is 18.2 Å². The summed E-state index contributed by atoms with van der Waals surface area (Å²) in [5.41, 5.74) is 2.73. The van der Waals surface area contributed by atoms with E-state index in [9.17, 15) is 0 Å². The number of rotatable bonds is 3. The van der Waals surface area contributed by atoms with E-state index in [1.54, 1.807) is 0 Å². The Morgan fingerprint density at radius 2 is 1.82 bits per heavy atom. The third-order valence-corrected chi connectivity index (χ3v) is 6.61. The SMILES string of the molecule is Cc1cc(N2CCC3(CCN(C(C)c4ccc5c(c4)OCO5)C3)C2)nc(C)n1. The molecule has 0 bridgehead atoms. The number of nitrogens with zero attached hydrogens (tertiary/aromatic N) is 4. The lowest BCUT2D eigenvalue weighted by molar-refractivity contribution is 0.173. The number of likely N-dealkylation sites (tertiary alicyclic amines) is 1. The van der Waals surface area contributed by atoms with Crippen LogP contribution in [0.15, 0.2) is 24.3 Å². The Kier molecular flexibility index (Phi) is 4.19. The summed E-state index contributed by atoms with van der Waals surface area (Å²) in [7, 11) is 0. The van der Waals surface area contributed by atoms with E-state index in [1.807, 2.05) is 19.9 Å². The molecule has 2 aromatic rings. The van der Waals surface area contributed by atoms with Crippen molar-refractivity contribution >= 4 is 5.82 Å². The van der Waals surface area contributed by atoms with Crippen LogP contribution in [-0.2, 0) is 0 Å². The van der Waals surface area contributed by atoms with Crippen molar-refractivity contribution < 1.29 is 9.47 Å². The molecule has 3 aliphatic rings. The first-order chi connectivity index (χ1) is 13.5. The molecule has 0 radical (unpaired) electrons. The second-order valence-corrected chi connectivity index (χ2v) is 8.60. The van der Waals surface area contributed by atoms with Crippen molar-refractivity contribution in [2.45, 2.75) is 39.7 Å². The van der Waals surface area contributed by atoms with Crippen molar-refractivity contribution in [3.63, 3.8) is 0 Å². The highest BCUT2D eigenvalue weighted by Gasteiger charge is 2.45. The summed E-state index contributed by atoms with van der Waals surface area (Å²) in [4.78, 5) is 14.2. The first-order valence-corrected chi connectivity index (χ1v) is 10.2. The molecule has 1 aromatic heterocycles. The van der Waals surface area contributed by atoms with Gasteiger partial charge in [0.2, 0.25) is 6.79 Å². The topological polar surface area (TPSA) is 50.7 Å². The molecule has 5 rings (SSSR count). The van der Waals surface area contributed by atoms with Gasteiger partial charge in [0.05, 0.1) is 0 Å². The minimum atomic E-state index is 0.331. The van der Waals surface area contributed by atoms with E-state index in [4.69, 9.17) is 9.47 Å².